The Morgan fingerprint density at radius 1 is 1.03 bits per heavy atom. The number of alkyl halides is 3. The third kappa shape index (κ3) is 4.40. The highest BCUT2D eigenvalue weighted by atomic mass is 19.4. The lowest BCUT2D eigenvalue weighted by atomic mass is 10.0. The van der Waals surface area contributed by atoms with Gasteiger partial charge in [0.15, 0.2) is 5.82 Å². The Morgan fingerprint density at radius 2 is 1.82 bits per heavy atom. The van der Waals surface area contributed by atoms with Crippen LogP contribution in [-0.4, -0.2) is 43.7 Å². The van der Waals surface area contributed by atoms with E-state index < -0.39 is 12.7 Å². The largest absolute Gasteiger partial charge is 0.405 e. The summed E-state index contributed by atoms with van der Waals surface area (Å²) in [7, 11) is 1.83. The number of rotatable bonds is 5. The van der Waals surface area contributed by atoms with Gasteiger partial charge in [0.05, 0.1) is 23.4 Å². The molecule has 192 valence electrons. The number of nitrogens with zero attached hydrogens (tertiary/aromatic N) is 6. The molecule has 0 saturated heterocycles. The van der Waals surface area contributed by atoms with Crippen molar-refractivity contribution in [2.24, 2.45) is 7.05 Å². The normalized spacial score (nSPS) is 13.7. The van der Waals surface area contributed by atoms with Crippen molar-refractivity contribution in [2.75, 3.05) is 21.7 Å². The highest BCUT2D eigenvalue weighted by Gasteiger charge is 2.33. The molecule has 0 aliphatic carbocycles. The Bertz CT molecular complexity index is 1630. The van der Waals surface area contributed by atoms with Gasteiger partial charge in [0.25, 0.3) is 0 Å². The molecule has 12 heteroatoms. The van der Waals surface area contributed by atoms with Gasteiger partial charge in [0.2, 0.25) is 0 Å². The van der Waals surface area contributed by atoms with Crippen LogP contribution in [0.4, 0.5) is 40.7 Å². The fourth-order valence-corrected chi connectivity index (χ4v) is 4.55. The standard InChI is InChI=1S/C26H21F3N8O/c1-35-12-18-10-21(8-9-22(18)34-35)36-13-17-2-5-19(30-14-26(27,28)29)11-23(17)37(25(36)38)20-6-3-16(4-7-20)24-31-15-32-33-24/h2-12,15,30H,13-14H2,1H3,(H,31,32,33). The number of H-pyrrole nitrogens is 1. The first-order valence-electron chi connectivity index (χ1n) is 11.7. The molecule has 3 aromatic carbocycles. The lowest BCUT2D eigenvalue weighted by Gasteiger charge is -2.37. The van der Waals surface area contributed by atoms with Gasteiger partial charge in [-0.25, -0.2) is 9.78 Å². The van der Waals surface area contributed by atoms with Crippen molar-refractivity contribution < 1.29 is 18.0 Å². The summed E-state index contributed by atoms with van der Waals surface area (Å²) in [5, 5.41) is 14.4. The number of halogens is 3. The van der Waals surface area contributed by atoms with Gasteiger partial charge in [-0.05, 0) is 60.2 Å². The molecule has 0 fully saturated rings. The van der Waals surface area contributed by atoms with Crippen LogP contribution in [0.1, 0.15) is 5.56 Å². The Morgan fingerprint density at radius 3 is 2.55 bits per heavy atom. The Balaban J connectivity index is 1.41. The molecule has 5 aromatic rings. The topological polar surface area (TPSA) is 95.0 Å². The number of hydrogen-bond donors (Lipinski definition) is 2. The van der Waals surface area contributed by atoms with Crippen LogP contribution in [0.2, 0.25) is 0 Å². The fraction of sp³-hybridized carbons (Fsp3) is 0.154. The number of hydrogen-bond acceptors (Lipinski definition) is 5. The molecule has 0 unspecified atom stereocenters. The summed E-state index contributed by atoms with van der Waals surface area (Å²) in [4.78, 5) is 21.3. The van der Waals surface area contributed by atoms with E-state index in [1.807, 2.05) is 31.4 Å². The van der Waals surface area contributed by atoms with Crippen LogP contribution < -0.4 is 15.1 Å². The predicted molar refractivity (Wildman–Crippen MR) is 137 cm³/mol. The molecule has 38 heavy (non-hydrogen) atoms. The number of benzene rings is 3. The Kier molecular flexibility index (Phi) is 5.51. The summed E-state index contributed by atoms with van der Waals surface area (Å²) >= 11 is 0. The molecular weight excluding hydrogens is 497 g/mol. The average Bonchev–Trinajstić information content (AvgIpc) is 3.56. The van der Waals surface area contributed by atoms with Crippen LogP contribution in [0.3, 0.4) is 0 Å². The zero-order chi connectivity index (χ0) is 26.4. The minimum absolute atomic E-state index is 0.256. The summed E-state index contributed by atoms with van der Waals surface area (Å²) in [6, 6.07) is 17.3. The van der Waals surface area contributed by atoms with Crippen molar-refractivity contribution in [3.63, 3.8) is 0 Å². The molecule has 2 aromatic heterocycles. The number of fused-ring (bicyclic) bond motifs is 2. The van der Waals surface area contributed by atoms with E-state index in [2.05, 4.69) is 25.6 Å². The maximum Gasteiger partial charge on any atom is 0.405 e. The van der Waals surface area contributed by atoms with E-state index in [0.717, 1.165) is 22.0 Å². The smallest absolute Gasteiger partial charge is 0.376 e. The van der Waals surface area contributed by atoms with E-state index in [4.69, 9.17) is 0 Å². The molecule has 9 nitrogen and oxygen atoms in total. The van der Waals surface area contributed by atoms with E-state index >= 15 is 0 Å². The third-order valence-corrected chi connectivity index (χ3v) is 6.30. The second kappa shape index (κ2) is 8.91. The van der Waals surface area contributed by atoms with Crippen LogP contribution in [0.25, 0.3) is 22.3 Å². The van der Waals surface area contributed by atoms with Crippen LogP contribution in [-0.2, 0) is 13.6 Å². The first-order valence-corrected chi connectivity index (χ1v) is 11.7. The van der Waals surface area contributed by atoms with Gasteiger partial charge in [-0.3, -0.25) is 19.6 Å². The number of carbonyl (C=O) groups is 1. The maximum atomic E-state index is 14.0. The molecule has 2 N–H and O–H groups in total. The zero-order valence-corrected chi connectivity index (χ0v) is 20.1. The van der Waals surface area contributed by atoms with Crippen molar-refractivity contribution >= 4 is 39.7 Å². The van der Waals surface area contributed by atoms with E-state index in [9.17, 15) is 18.0 Å². The van der Waals surface area contributed by atoms with Crippen molar-refractivity contribution in [2.45, 2.75) is 12.7 Å². The van der Waals surface area contributed by atoms with Gasteiger partial charge in [-0.15, -0.1) is 0 Å². The number of aryl methyl sites for hydroxylation is 1. The van der Waals surface area contributed by atoms with Crippen molar-refractivity contribution in [3.05, 3.63) is 78.8 Å². The lowest BCUT2D eigenvalue weighted by Crippen LogP contribution is -2.45. The summed E-state index contributed by atoms with van der Waals surface area (Å²) < 4.78 is 40.2. The summed E-state index contributed by atoms with van der Waals surface area (Å²) in [6.45, 7) is -0.922. The molecule has 0 bridgehead atoms. The summed E-state index contributed by atoms with van der Waals surface area (Å²) in [6.07, 6.45) is -1.09. The average molecular weight is 519 g/mol. The summed E-state index contributed by atoms with van der Waals surface area (Å²) in [5.41, 5.74) is 4.38. The molecule has 6 rings (SSSR count). The second-order valence-electron chi connectivity index (χ2n) is 8.94. The molecular formula is C26H21F3N8O. The number of carbonyl (C=O) groups excluding carboxylic acids is 1. The number of amides is 2. The Hall–Kier alpha value is -4.87. The van der Waals surface area contributed by atoms with Gasteiger partial charge in [-0.1, -0.05) is 6.07 Å². The van der Waals surface area contributed by atoms with Crippen molar-refractivity contribution in [1.29, 1.82) is 0 Å². The van der Waals surface area contributed by atoms with Gasteiger partial charge in [-0.2, -0.15) is 23.4 Å². The summed E-state index contributed by atoms with van der Waals surface area (Å²) in [5.74, 6) is 0.576. The number of urea groups is 1. The highest BCUT2D eigenvalue weighted by molar-refractivity contribution is 6.11. The lowest BCUT2D eigenvalue weighted by molar-refractivity contribution is -0.115. The van der Waals surface area contributed by atoms with Gasteiger partial charge in [0, 0.05) is 35.6 Å². The van der Waals surface area contributed by atoms with Crippen LogP contribution >= 0.6 is 0 Å². The second-order valence-corrected chi connectivity index (χ2v) is 8.94. The number of anilines is 4. The third-order valence-electron chi connectivity index (χ3n) is 6.30. The predicted octanol–water partition coefficient (Wildman–Crippen LogP) is 5.61. The van der Waals surface area contributed by atoms with E-state index in [0.29, 0.717) is 22.9 Å². The quantitative estimate of drug-likeness (QED) is 0.315. The van der Waals surface area contributed by atoms with E-state index in [1.54, 1.807) is 52.0 Å². The fourth-order valence-electron chi connectivity index (χ4n) is 4.55. The molecule has 1 aliphatic heterocycles. The van der Waals surface area contributed by atoms with Gasteiger partial charge < -0.3 is 5.32 Å². The van der Waals surface area contributed by atoms with E-state index in [1.165, 1.54) is 11.2 Å². The SMILES string of the molecule is Cn1cc2cc(N3Cc4ccc(NCC(F)(F)F)cc4N(c4ccc(-c5ncn[nH]5)cc4)C3=O)ccc2n1. The van der Waals surface area contributed by atoms with Gasteiger partial charge in [0.1, 0.15) is 12.9 Å². The first-order chi connectivity index (χ1) is 18.2. The van der Waals surface area contributed by atoms with Crippen LogP contribution in [0, 0.1) is 0 Å². The van der Waals surface area contributed by atoms with E-state index in [-0.39, 0.29) is 18.3 Å². The molecule has 2 amide bonds. The van der Waals surface area contributed by atoms with Crippen LogP contribution in [0.15, 0.2) is 73.2 Å². The molecule has 0 spiro atoms. The van der Waals surface area contributed by atoms with Crippen molar-refractivity contribution in [1.82, 2.24) is 25.0 Å². The molecule has 0 saturated carbocycles. The molecule has 0 radical (unpaired) electrons. The minimum Gasteiger partial charge on any atom is -0.376 e. The minimum atomic E-state index is -4.37. The van der Waals surface area contributed by atoms with Crippen molar-refractivity contribution in [3.8, 4) is 11.4 Å². The first kappa shape index (κ1) is 23.5. The monoisotopic (exact) mass is 518 g/mol. The highest BCUT2D eigenvalue weighted by Crippen LogP contribution is 2.39. The Labute approximate surface area is 214 Å². The number of aromatic amines is 1. The molecule has 3 heterocycles. The number of aromatic nitrogens is 5. The maximum absolute atomic E-state index is 14.0. The van der Waals surface area contributed by atoms with Crippen LogP contribution in [0.5, 0.6) is 0 Å². The molecule has 0 atom stereocenters. The zero-order valence-electron chi connectivity index (χ0n) is 20.1. The molecule has 1 aliphatic rings. The van der Waals surface area contributed by atoms with Gasteiger partial charge >= 0.3 is 12.2 Å². The number of nitrogens with one attached hydrogen (secondary N) is 2.